The van der Waals surface area contributed by atoms with Gasteiger partial charge in [-0.1, -0.05) is 48.0 Å². The van der Waals surface area contributed by atoms with Gasteiger partial charge in [-0.25, -0.2) is 13.4 Å². The summed E-state index contributed by atoms with van der Waals surface area (Å²) in [5.41, 5.74) is 3.81. The van der Waals surface area contributed by atoms with Crippen molar-refractivity contribution < 1.29 is 17.9 Å². The number of hydrazone groups is 1. The molecule has 0 bridgehead atoms. The number of para-hydroxylation sites is 1. The number of aryl methyl sites for hydroxylation is 1. The molecular weight excluding hydrogens is 378 g/mol. The van der Waals surface area contributed by atoms with Crippen LogP contribution in [0.3, 0.4) is 0 Å². The second-order valence-corrected chi connectivity index (χ2v) is 8.52. The summed E-state index contributed by atoms with van der Waals surface area (Å²) < 4.78 is 30.9. The number of nitrogens with zero attached hydrogens (tertiary/aromatic N) is 2. The molecule has 0 unspecified atom stereocenters. The number of benzene rings is 2. The van der Waals surface area contributed by atoms with Gasteiger partial charge in [0.2, 0.25) is 10.0 Å². The zero-order valence-corrected chi connectivity index (χ0v) is 16.9. The van der Waals surface area contributed by atoms with Crippen molar-refractivity contribution in [2.75, 3.05) is 24.7 Å². The number of anilines is 1. The SMILES string of the molecule is COCC(=O)N1N=C(c2ccccc2NS(C)(=O)=O)C[C@@H]1c1ccc(C)cc1. The first-order chi connectivity index (χ1) is 13.3. The van der Waals surface area contributed by atoms with Crippen molar-refractivity contribution >= 4 is 27.3 Å². The Morgan fingerprint density at radius 1 is 1.21 bits per heavy atom. The summed E-state index contributed by atoms with van der Waals surface area (Å²) in [4.78, 5) is 12.6. The Morgan fingerprint density at radius 2 is 1.89 bits per heavy atom. The lowest BCUT2D eigenvalue weighted by molar-refractivity contribution is -0.137. The third-order valence-electron chi connectivity index (χ3n) is 4.43. The van der Waals surface area contributed by atoms with E-state index in [1.165, 1.54) is 12.1 Å². The summed E-state index contributed by atoms with van der Waals surface area (Å²) in [6, 6.07) is 14.7. The molecule has 0 saturated heterocycles. The van der Waals surface area contributed by atoms with Gasteiger partial charge < -0.3 is 4.74 Å². The van der Waals surface area contributed by atoms with Crippen LogP contribution in [0.15, 0.2) is 53.6 Å². The van der Waals surface area contributed by atoms with Gasteiger partial charge in [0.1, 0.15) is 6.61 Å². The molecule has 0 aliphatic carbocycles. The van der Waals surface area contributed by atoms with Gasteiger partial charge in [-0.15, -0.1) is 0 Å². The second kappa shape index (κ2) is 8.12. The summed E-state index contributed by atoms with van der Waals surface area (Å²) in [7, 11) is -1.98. The lowest BCUT2D eigenvalue weighted by atomic mass is 9.97. The maximum atomic E-state index is 12.6. The van der Waals surface area contributed by atoms with Crippen molar-refractivity contribution in [2.24, 2.45) is 5.10 Å². The molecule has 0 radical (unpaired) electrons. The lowest BCUT2D eigenvalue weighted by Gasteiger charge is -2.21. The lowest BCUT2D eigenvalue weighted by Crippen LogP contribution is -2.30. The van der Waals surface area contributed by atoms with E-state index < -0.39 is 10.0 Å². The molecule has 7 nitrogen and oxygen atoms in total. The first-order valence-electron chi connectivity index (χ1n) is 8.80. The predicted octanol–water partition coefficient (Wildman–Crippen LogP) is 2.69. The van der Waals surface area contributed by atoms with Crippen molar-refractivity contribution in [3.05, 3.63) is 65.2 Å². The van der Waals surface area contributed by atoms with Gasteiger partial charge in [0.15, 0.2) is 0 Å². The van der Waals surface area contributed by atoms with Gasteiger partial charge in [-0.3, -0.25) is 9.52 Å². The molecule has 2 aromatic carbocycles. The highest BCUT2D eigenvalue weighted by atomic mass is 32.2. The van der Waals surface area contributed by atoms with Crippen LogP contribution in [0.4, 0.5) is 5.69 Å². The van der Waals surface area contributed by atoms with E-state index >= 15 is 0 Å². The molecule has 3 rings (SSSR count). The largest absolute Gasteiger partial charge is 0.375 e. The van der Waals surface area contributed by atoms with E-state index in [-0.39, 0.29) is 18.6 Å². The number of carbonyl (C=O) groups is 1. The van der Waals surface area contributed by atoms with E-state index in [1.54, 1.807) is 18.2 Å². The molecule has 1 aliphatic rings. The summed E-state index contributed by atoms with van der Waals surface area (Å²) >= 11 is 0. The number of sulfonamides is 1. The number of amides is 1. The molecule has 0 aromatic heterocycles. The third kappa shape index (κ3) is 4.58. The number of rotatable bonds is 6. The van der Waals surface area contributed by atoms with E-state index in [4.69, 9.17) is 4.74 Å². The smallest absolute Gasteiger partial charge is 0.269 e. The number of hydrogen-bond acceptors (Lipinski definition) is 5. The normalized spacial score (nSPS) is 16.8. The minimum absolute atomic E-state index is 0.0810. The Balaban J connectivity index is 2.00. The average Bonchev–Trinajstić information content (AvgIpc) is 3.07. The van der Waals surface area contributed by atoms with Crippen LogP contribution in [0.25, 0.3) is 0 Å². The minimum atomic E-state index is -3.44. The first-order valence-corrected chi connectivity index (χ1v) is 10.7. The highest BCUT2D eigenvalue weighted by Crippen LogP contribution is 2.34. The molecule has 1 heterocycles. The Labute approximate surface area is 165 Å². The number of carbonyl (C=O) groups excluding carboxylic acids is 1. The molecule has 1 amide bonds. The predicted molar refractivity (Wildman–Crippen MR) is 109 cm³/mol. The molecule has 1 atom stereocenters. The Morgan fingerprint density at radius 3 is 2.54 bits per heavy atom. The molecule has 0 spiro atoms. The van der Waals surface area contributed by atoms with E-state index in [9.17, 15) is 13.2 Å². The number of ether oxygens (including phenoxy) is 1. The summed E-state index contributed by atoms with van der Waals surface area (Å²) in [6.07, 6.45) is 1.57. The molecule has 0 fully saturated rings. The fraction of sp³-hybridized carbons (Fsp3) is 0.300. The van der Waals surface area contributed by atoms with Crippen LogP contribution in [-0.2, 0) is 19.6 Å². The fourth-order valence-electron chi connectivity index (χ4n) is 3.16. The molecule has 8 heteroatoms. The summed E-state index contributed by atoms with van der Waals surface area (Å²) in [6.45, 7) is 1.92. The zero-order chi connectivity index (χ0) is 20.3. The maximum Gasteiger partial charge on any atom is 0.269 e. The molecule has 148 valence electrons. The van der Waals surface area contributed by atoms with Crippen LogP contribution < -0.4 is 4.72 Å². The van der Waals surface area contributed by atoms with Crippen molar-refractivity contribution in [3.63, 3.8) is 0 Å². The molecule has 1 aliphatic heterocycles. The Kier molecular flexibility index (Phi) is 5.81. The van der Waals surface area contributed by atoms with Crippen LogP contribution >= 0.6 is 0 Å². The second-order valence-electron chi connectivity index (χ2n) is 6.77. The van der Waals surface area contributed by atoms with E-state index in [1.807, 2.05) is 37.3 Å². The fourth-order valence-corrected chi connectivity index (χ4v) is 3.74. The molecule has 1 N–H and O–H groups in total. The van der Waals surface area contributed by atoms with Crippen LogP contribution in [0.1, 0.15) is 29.2 Å². The van der Waals surface area contributed by atoms with Crippen molar-refractivity contribution in [1.29, 1.82) is 0 Å². The molecular formula is C20H23N3O4S. The topological polar surface area (TPSA) is 88.1 Å². The third-order valence-corrected chi connectivity index (χ3v) is 5.02. The van der Waals surface area contributed by atoms with Crippen LogP contribution in [0, 0.1) is 6.92 Å². The van der Waals surface area contributed by atoms with Gasteiger partial charge in [0.05, 0.1) is 23.7 Å². The van der Waals surface area contributed by atoms with E-state index in [0.29, 0.717) is 23.4 Å². The monoisotopic (exact) mass is 401 g/mol. The van der Waals surface area contributed by atoms with Gasteiger partial charge >= 0.3 is 0 Å². The average molecular weight is 401 g/mol. The van der Waals surface area contributed by atoms with Crippen molar-refractivity contribution in [1.82, 2.24) is 5.01 Å². The van der Waals surface area contributed by atoms with Crippen molar-refractivity contribution in [3.8, 4) is 0 Å². The number of methoxy groups -OCH3 is 1. The van der Waals surface area contributed by atoms with Gasteiger partial charge in [0.25, 0.3) is 5.91 Å². The zero-order valence-electron chi connectivity index (χ0n) is 16.0. The van der Waals surface area contributed by atoms with Crippen LogP contribution in [-0.4, -0.2) is 45.0 Å². The molecule has 0 saturated carbocycles. The van der Waals surface area contributed by atoms with Gasteiger partial charge in [-0.05, 0) is 18.6 Å². The maximum absolute atomic E-state index is 12.6. The van der Waals surface area contributed by atoms with E-state index in [0.717, 1.165) is 17.4 Å². The van der Waals surface area contributed by atoms with Gasteiger partial charge in [0, 0.05) is 19.1 Å². The number of nitrogens with one attached hydrogen (secondary N) is 1. The van der Waals surface area contributed by atoms with Crippen LogP contribution in [0.5, 0.6) is 0 Å². The number of hydrogen-bond donors (Lipinski definition) is 1. The van der Waals surface area contributed by atoms with Crippen LogP contribution in [0.2, 0.25) is 0 Å². The Bertz CT molecular complexity index is 1000. The summed E-state index contributed by atoms with van der Waals surface area (Å²) in [5, 5.41) is 5.96. The highest BCUT2D eigenvalue weighted by Gasteiger charge is 2.33. The van der Waals surface area contributed by atoms with E-state index in [2.05, 4.69) is 9.82 Å². The molecule has 2 aromatic rings. The highest BCUT2D eigenvalue weighted by molar-refractivity contribution is 7.92. The quantitative estimate of drug-likeness (QED) is 0.806. The Hall–Kier alpha value is -2.71. The van der Waals surface area contributed by atoms with Gasteiger partial charge in [-0.2, -0.15) is 5.10 Å². The van der Waals surface area contributed by atoms with Crippen molar-refractivity contribution in [2.45, 2.75) is 19.4 Å². The standard InChI is InChI=1S/C20H23N3O4S/c1-14-8-10-15(11-9-14)19-12-18(21-23(19)20(24)13-27-2)16-6-4-5-7-17(16)22-28(3,25)26/h4-11,19,22H,12-13H2,1-3H3/t19-/m1/s1. The summed E-state index contributed by atoms with van der Waals surface area (Å²) in [5.74, 6) is -0.253. The minimum Gasteiger partial charge on any atom is -0.375 e. The first kappa shape index (κ1) is 20.0. The molecule has 28 heavy (non-hydrogen) atoms.